The minimum Gasteiger partial charge on any atom is -0.371 e. The molecule has 0 N–H and O–H groups in total. The number of aryl methyl sites for hydroxylation is 3. The van der Waals surface area contributed by atoms with Crippen LogP contribution in [0, 0.1) is 13.8 Å². The number of aromatic nitrogens is 2. The summed E-state index contributed by atoms with van der Waals surface area (Å²) >= 11 is 0. The van der Waals surface area contributed by atoms with E-state index in [4.69, 9.17) is 9.26 Å². The van der Waals surface area contributed by atoms with E-state index >= 15 is 0 Å². The molecule has 0 spiro atoms. The van der Waals surface area contributed by atoms with Gasteiger partial charge in [-0.05, 0) is 38.3 Å². The zero-order valence-corrected chi connectivity index (χ0v) is 14.2. The summed E-state index contributed by atoms with van der Waals surface area (Å²) in [7, 11) is 0. The van der Waals surface area contributed by atoms with Gasteiger partial charge in [0.25, 0.3) is 0 Å². The number of carbonyl (C=O) groups is 1. The van der Waals surface area contributed by atoms with Gasteiger partial charge >= 0.3 is 0 Å². The van der Waals surface area contributed by atoms with Gasteiger partial charge in [0.05, 0.1) is 18.4 Å². The van der Waals surface area contributed by atoms with Crippen molar-refractivity contribution in [1.29, 1.82) is 0 Å². The normalized spacial score (nSPS) is 17.4. The number of hydrogen-bond donors (Lipinski definition) is 0. The number of carbonyl (C=O) groups excluding carboxylic acids is 1. The van der Waals surface area contributed by atoms with E-state index < -0.39 is 0 Å². The maximum absolute atomic E-state index is 12.3. The summed E-state index contributed by atoms with van der Waals surface area (Å²) in [5, 5.41) is 3.93. The summed E-state index contributed by atoms with van der Waals surface area (Å²) in [5.74, 6) is 0.984. The summed E-state index contributed by atoms with van der Waals surface area (Å²) in [6, 6.07) is 3.90. The Morgan fingerprint density at radius 1 is 1.46 bits per heavy atom. The molecule has 6 heteroatoms. The monoisotopic (exact) mass is 329 g/mol. The molecule has 2 aromatic heterocycles. The van der Waals surface area contributed by atoms with Crippen LogP contribution in [-0.2, 0) is 22.6 Å². The first-order valence-corrected chi connectivity index (χ1v) is 8.33. The third-order valence-electron chi connectivity index (χ3n) is 4.49. The fourth-order valence-electron chi connectivity index (χ4n) is 2.96. The molecule has 24 heavy (non-hydrogen) atoms. The second-order valence-electron chi connectivity index (χ2n) is 6.23. The van der Waals surface area contributed by atoms with Gasteiger partial charge in [0.1, 0.15) is 5.76 Å². The van der Waals surface area contributed by atoms with Crippen LogP contribution in [0.5, 0.6) is 0 Å². The average Bonchev–Trinajstić information content (AvgIpc) is 3.19. The Bertz CT molecular complexity index is 665. The molecule has 1 aliphatic rings. The van der Waals surface area contributed by atoms with Crippen molar-refractivity contribution >= 4 is 5.91 Å². The highest BCUT2D eigenvalue weighted by molar-refractivity contribution is 5.76. The minimum absolute atomic E-state index is 0.0843. The Morgan fingerprint density at radius 3 is 3.04 bits per heavy atom. The van der Waals surface area contributed by atoms with Crippen molar-refractivity contribution in [3.05, 3.63) is 47.1 Å². The van der Waals surface area contributed by atoms with Crippen molar-refractivity contribution in [3.63, 3.8) is 0 Å². The Morgan fingerprint density at radius 2 is 2.33 bits per heavy atom. The first-order valence-electron chi connectivity index (χ1n) is 8.33. The standard InChI is InChI=1S/C18H23N3O3/c1-13-17(14(2)24-20-13)12-23-16-7-9-21(11-16)18(22)6-5-15-4-3-8-19-10-15/h3-4,8,10,16H,5-7,9,11-12H2,1-2H3. The number of rotatable bonds is 6. The van der Waals surface area contributed by atoms with Gasteiger partial charge in [-0.1, -0.05) is 11.2 Å². The summed E-state index contributed by atoms with van der Waals surface area (Å²) < 4.78 is 11.1. The molecule has 0 aromatic carbocycles. The van der Waals surface area contributed by atoms with Crippen LogP contribution in [0.1, 0.15) is 35.4 Å². The molecular weight excluding hydrogens is 306 g/mol. The molecule has 1 unspecified atom stereocenters. The lowest BCUT2D eigenvalue weighted by Gasteiger charge is -2.16. The number of nitrogens with zero attached hydrogens (tertiary/aromatic N) is 3. The molecule has 1 saturated heterocycles. The largest absolute Gasteiger partial charge is 0.371 e. The third-order valence-corrected chi connectivity index (χ3v) is 4.49. The Kier molecular flexibility index (Phi) is 5.25. The maximum atomic E-state index is 12.3. The molecule has 1 amide bonds. The second kappa shape index (κ2) is 7.57. The summed E-state index contributed by atoms with van der Waals surface area (Å²) in [4.78, 5) is 18.3. The van der Waals surface area contributed by atoms with E-state index in [0.29, 0.717) is 19.6 Å². The zero-order chi connectivity index (χ0) is 16.9. The predicted molar refractivity (Wildman–Crippen MR) is 88.3 cm³/mol. The van der Waals surface area contributed by atoms with Gasteiger partial charge in [-0.3, -0.25) is 9.78 Å². The van der Waals surface area contributed by atoms with E-state index in [0.717, 1.165) is 42.0 Å². The van der Waals surface area contributed by atoms with Crippen LogP contribution in [0.3, 0.4) is 0 Å². The molecule has 0 aliphatic carbocycles. The van der Waals surface area contributed by atoms with Gasteiger partial charge < -0.3 is 14.2 Å². The molecular formula is C18H23N3O3. The molecule has 1 fully saturated rings. The number of pyridine rings is 1. The highest BCUT2D eigenvalue weighted by Gasteiger charge is 2.27. The number of ether oxygens (including phenoxy) is 1. The molecule has 0 saturated carbocycles. The van der Waals surface area contributed by atoms with Crippen molar-refractivity contribution in [2.24, 2.45) is 0 Å². The highest BCUT2D eigenvalue weighted by atomic mass is 16.5. The average molecular weight is 329 g/mol. The van der Waals surface area contributed by atoms with Gasteiger partial charge in [-0.25, -0.2) is 0 Å². The molecule has 0 bridgehead atoms. The van der Waals surface area contributed by atoms with Crippen LogP contribution in [0.15, 0.2) is 29.0 Å². The zero-order valence-electron chi connectivity index (χ0n) is 14.2. The first kappa shape index (κ1) is 16.6. The van der Waals surface area contributed by atoms with Gasteiger partial charge in [-0.2, -0.15) is 0 Å². The molecule has 1 aliphatic heterocycles. The molecule has 6 nitrogen and oxygen atoms in total. The quantitative estimate of drug-likeness (QED) is 0.814. The van der Waals surface area contributed by atoms with E-state index in [9.17, 15) is 4.79 Å². The summed E-state index contributed by atoms with van der Waals surface area (Å²) in [6.45, 7) is 5.72. The van der Waals surface area contributed by atoms with E-state index in [1.165, 1.54) is 0 Å². The van der Waals surface area contributed by atoms with Crippen molar-refractivity contribution in [3.8, 4) is 0 Å². The molecule has 0 radical (unpaired) electrons. The SMILES string of the molecule is Cc1noc(C)c1COC1CCN(C(=O)CCc2cccnc2)C1. The number of amides is 1. The lowest BCUT2D eigenvalue weighted by molar-refractivity contribution is -0.130. The van der Waals surface area contributed by atoms with Crippen LogP contribution in [-0.4, -0.2) is 40.1 Å². The number of hydrogen-bond acceptors (Lipinski definition) is 5. The van der Waals surface area contributed by atoms with Crippen molar-refractivity contribution in [1.82, 2.24) is 15.0 Å². The predicted octanol–water partition coefficient (Wildman–Crippen LogP) is 2.44. The van der Waals surface area contributed by atoms with Crippen LogP contribution in [0.25, 0.3) is 0 Å². The molecule has 3 rings (SSSR count). The van der Waals surface area contributed by atoms with Crippen LogP contribution in [0.4, 0.5) is 0 Å². The van der Waals surface area contributed by atoms with E-state index in [1.807, 2.05) is 37.1 Å². The van der Waals surface area contributed by atoms with E-state index in [2.05, 4.69) is 10.1 Å². The lowest BCUT2D eigenvalue weighted by Crippen LogP contribution is -2.30. The topological polar surface area (TPSA) is 68.5 Å². The van der Waals surface area contributed by atoms with Gasteiger partial charge in [0, 0.05) is 37.5 Å². The van der Waals surface area contributed by atoms with Crippen LogP contribution >= 0.6 is 0 Å². The highest BCUT2D eigenvalue weighted by Crippen LogP contribution is 2.19. The van der Waals surface area contributed by atoms with Crippen LogP contribution < -0.4 is 0 Å². The molecule has 1 atom stereocenters. The third kappa shape index (κ3) is 4.00. The second-order valence-corrected chi connectivity index (χ2v) is 6.23. The van der Waals surface area contributed by atoms with Crippen molar-refractivity contribution in [2.45, 2.75) is 45.8 Å². The summed E-state index contributed by atoms with van der Waals surface area (Å²) in [6.07, 6.45) is 5.76. The van der Waals surface area contributed by atoms with Gasteiger partial charge in [0.2, 0.25) is 5.91 Å². The van der Waals surface area contributed by atoms with Crippen molar-refractivity contribution in [2.75, 3.05) is 13.1 Å². The fourth-order valence-corrected chi connectivity index (χ4v) is 2.96. The van der Waals surface area contributed by atoms with Gasteiger partial charge in [-0.15, -0.1) is 0 Å². The maximum Gasteiger partial charge on any atom is 0.222 e. The van der Waals surface area contributed by atoms with E-state index in [-0.39, 0.29) is 12.0 Å². The van der Waals surface area contributed by atoms with Crippen LogP contribution in [0.2, 0.25) is 0 Å². The number of likely N-dealkylation sites (tertiary alicyclic amines) is 1. The first-order chi connectivity index (χ1) is 11.6. The van der Waals surface area contributed by atoms with Gasteiger partial charge in [0.15, 0.2) is 0 Å². The Balaban J connectivity index is 1.44. The lowest BCUT2D eigenvalue weighted by atomic mass is 10.1. The molecule has 2 aromatic rings. The molecule has 3 heterocycles. The summed E-state index contributed by atoms with van der Waals surface area (Å²) in [5.41, 5.74) is 2.97. The smallest absolute Gasteiger partial charge is 0.222 e. The Labute approximate surface area is 141 Å². The van der Waals surface area contributed by atoms with Crippen molar-refractivity contribution < 1.29 is 14.1 Å². The molecule has 128 valence electrons. The Hall–Kier alpha value is -2.21. The fraction of sp³-hybridized carbons (Fsp3) is 0.500. The minimum atomic E-state index is 0.0843. The van der Waals surface area contributed by atoms with E-state index in [1.54, 1.807) is 6.20 Å².